The molecule has 2 unspecified atom stereocenters. The molecular weight excluding hydrogens is 560 g/mol. The minimum absolute atomic E-state index is 0.0246. The second-order valence-electron chi connectivity index (χ2n) is 13.4. The number of hydrogen-bond acceptors (Lipinski definition) is 5. The van der Waals surface area contributed by atoms with E-state index in [1.807, 2.05) is 17.0 Å². The Balaban J connectivity index is 0.995. The number of nitrogens with zero attached hydrogens (tertiary/aromatic N) is 4. The van der Waals surface area contributed by atoms with E-state index < -0.39 is 5.63 Å². The van der Waals surface area contributed by atoms with Crippen LogP contribution in [0.5, 0.6) is 0 Å². The monoisotopic (exact) mass is 600 g/mol. The lowest BCUT2D eigenvalue weighted by molar-refractivity contribution is 0.0607. The molecule has 0 saturated carbocycles. The standard InChI is InChI=1S/C38H40N4O3/c1-26-39-33-12-5-6-13-34(33)42(26)31-24-29-15-16-30(25-31)41(29)23-20-38(28-9-3-2-4-10-28)18-21-40(22-19-38)37(44)32-11-7-8-27-14-17-35(43)45-36(27)32/h2-14,17,29-31H,15-16,18-25H2,1H3. The van der Waals surface area contributed by atoms with Gasteiger partial charge in [0.25, 0.3) is 5.91 Å². The van der Waals surface area contributed by atoms with Crippen molar-refractivity contribution in [1.82, 2.24) is 19.4 Å². The topological polar surface area (TPSA) is 71.6 Å². The molecule has 3 saturated heterocycles. The highest BCUT2D eigenvalue weighted by Gasteiger charge is 2.44. The van der Waals surface area contributed by atoms with Crippen LogP contribution < -0.4 is 5.63 Å². The second kappa shape index (κ2) is 11.3. The van der Waals surface area contributed by atoms with Gasteiger partial charge in [0.1, 0.15) is 5.82 Å². The fourth-order valence-electron chi connectivity index (χ4n) is 8.83. The van der Waals surface area contributed by atoms with Crippen molar-refractivity contribution in [3.63, 3.8) is 0 Å². The number of para-hydroxylation sites is 3. The molecule has 5 aromatic rings. The molecule has 0 radical (unpaired) electrons. The van der Waals surface area contributed by atoms with E-state index in [4.69, 9.17) is 9.40 Å². The van der Waals surface area contributed by atoms with Crippen molar-refractivity contribution in [3.8, 4) is 0 Å². The van der Waals surface area contributed by atoms with E-state index >= 15 is 0 Å². The molecule has 3 aromatic carbocycles. The van der Waals surface area contributed by atoms with Gasteiger partial charge in [0.05, 0.1) is 16.6 Å². The van der Waals surface area contributed by atoms with Crippen LogP contribution in [0.3, 0.4) is 0 Å². The first-order valence-corrected chi connectivity index (χ1v) is 16.6. The minimum atomic E-state index is -0.434. The highest BCUT2D eigenvalue weighted by molar-refractivity contribution is 6.04. The number of fused-ring (bicyclic) bond motifs is 4. The van der Waals surface area contributed by atoms with Gasteiger partial charge in [-0.1, -0.05) is 54.6 Å². The van der Waals surface area contributed by atoms with Gasteiger partial charge in [0, 0.05) is 42.7 Å². The lowest BCUT2D eigenvalue weighted by Crippen LogP contribution is -2.49. The molecule has 3 aliphatic heterocycles. The number of hydrogen-bond donors (Lipinski definition) is 0. The van der Waals surface area contributed by atoms with Crippen molar-refractivity contribution in [2.45, 2.75) is 75.4 Å². The SMILES string of the molecule is Cc1nc2ccccc2n1C1CC2CCC(C1)N2CCC1(c2ccccc2)CCN(C(=O)c2cccc3ccc(=O)oc23)CC1. The second-order valence-corrected chi connectivity index (χ2v) is 13.4. The van der Waals surface area contributed by atoms with Crippen LogP contribution in [0, 0.1) is 6.92 Å². The average Bonchev–Trinajstić information content (AvgIpc) is 3.53. The molecule has 5 heterocycles. The molecule has 8 rings (SSSR count). The zero-order valence-corrected chi connectivity index (χ0v) is 25.9. The van der Waals surface area contributed by atoms with Gasteiger partial charge in [0.2, 0.25) is 0 Å². The van der Waals surface area contributed by atoms with Gasteiger partial charge in [0.15, 0.2) is 5.58 Å². The molecule has 0 spiro atoms. The number of benzene rings is 3. The molecule has 230 valence electrons. The van der Waals surface area contributed by atoms with Crippen molar-refractivity contribution < 1.29 is 9.21 Å². The Morgan fingerprint density at radius 1 is 0.867 bits per heavy atom. The summed E-state index contributed by atoms with van der Waals surface area (Å²) in [5.74, 6) is 1.07. The number of aromatic nitrogens is 2. The van der Waals surface area contributed by atoms with E-state index in [2.05, 4.69) is 71.0 Å². The molecule has 2 atom stereocenters. The number of amides is 1. The lowest BCUT2D eigenvalue weighted by atomic mass is 9.70. The first-order valence-electron chi connectivity index (χ1n) is 16.6. The molecule has 1 amide bonds. The number of rotatable bonds is 6. The maximum atomic E-state index is 13.8. The van der Waals surface area contributed by atoms with E-state index in [-0.39, 0.29) is 11.3 Å². The van der Waals surface area contributed by atoms with Gasteiger partial charge in [-0.3, -0.25) is 9.69 Å². The van der Waals surface area contributed by atoms with Crippen molar-refractivity contribution in [2.75, 3.05) is 19.6 Å². The molecule has 0 aliphatic carbocycles. The van der Waals surface area contributed by atoms with Crippen LogP contribution in [0.2, 0.25) is 0 Å². The van der Waals surface area contributed by atoms with Gasteiger partial charge in [-0.05, 0) is 93.7 Å². The van der Waals surface area contributed by atoms with Crippen molar-refractivity contribution in [1.29, 1.82) is 0 Å². The third kappa shape index (κ3) is 4.98. The summed E-state index contributed by atoms with van der Waals surface area (Å²) in [4.78, 5) is 35.4. The van der Waals surface area contributed by atoms with E-state index in [1.54, 1.807) is 12.1 Å². The predicted molar refractivity (Wildman–Crippen MR) is 177 cm³/mol. The highest BCUT2D eigenvalue weighted by Crippen LogP contribution is 2.45. The molecule has 2 aromatic heterocycles. The van der Waals surface area contributed by atoms with Crippen molar-refractivity contribution in [3.05, 3.63) is 112 Å². The van der Waals surface area contributed by atoms with Crippen LogP contribution in [-0.2, 0) is 5.41 Å². The van der Waals surface area contributed by atoms with Crippen LogP contribution in [0.25, 0.3) is 22.0 Å². The maximum absolute atomic E-state index is 13.8. The molecular formula is C38H40N4O3. The van der Waals surface area contributed by atoms with E-state index in [0.717, 1.165) is 42.5 Å². The molecule has 7 nitrogen and oxygen atoms in total. The molecule has 2 bridgehead atoms. The Morgan fingerprint density at radius 3 is 2.38 bits per heavy atom. The Morgan fingerprint density at radius 2 is 1.60 bits per heavy atom. The summed E-state index contributed by atoms with van der Waals surface area (Å²) in [6.45, 7) is 4.61. The van der Waals surface area contributed by atoms with E-state index in [1.165, 1.54) is 42.8 Å². The molecule has 3 aliphatic rings. The summed E-state index contributed by atoms with van der Waals surface area (Å²) in [5.41, 5.74) is 4.20. The van der Waals surface area contributed by atoms with E-state index in [9.17, 15) is 9.59 Å². The van der Waals surface area contributed by atoms with Crippen molar-refractivity contribution in [2.24, 2.45) is 0 Å². The third-order valence-corrected chi connectivity index (χ3v) is 11.1. The number of piperidine rings is 2. The van der Waals surface area contributed by atoms with Gasteiger partial charge in [-0.25, -0.2) is 9.78 Å². The van der Waals surface area contributed by atoms with E-state index in [0.29, 0.717) is 42.4 Å². The largest absolute Gasteiger partial charge is 0.422 e. The molecule has 7 heteroatoms. The van der Waals surface area contributed by atoms with Crippen LogP contribution in [-0.4, -0.2) is 57.0 Å². The Kier molecular flexibility index (Phi) is 7.09. The predicted octanol–water partition coefficient (Wildman–Crippen LogP) is 6.88. The lowest BCUT2D eigenvalue weighted by Gasteiger charge is -2.45. The Labute approximate surface area is 263 Å². The van der Waals surface area contributed by atoms with Gasteiger partial charge in [-0.2, -0.15) is 0 Å². The summed E-state index contributed by atoms with van der Waals surface area (Å²) >= 11 is 0. The summed E-state index contributed by atoms with van der Waals surface area (Å²) in [6.07, 6.45) is 7.84. The number of imidazole rings is 1. The molecule has 3 fully saturated rings. The summed E-state index contributed by atoms with van der Waals surface area (Å²) < 4.78 is 8.00. The smallest absolute Gasteiger partial charge is 0.336 e. The maximum Gasteiger partial charge on any atom is 0.336 e. The minimum Gasteiger partial charge on any atom is -0.422 e. The normalized spacial score (nSPS) is 23.1. The van der Waals surface area contributed by atoms with Crippen LogP contribution in [0.4, 0.5) is 0 Å². The van der Waals surface area contributed by atoms with Crippen LogP contribution in [0.1, 0.15) is 72.7 Å². The first-order chi connectivity index (χ1) is 22.0. The fourth-order valence-corrected chi connectivity index (χ4v) is 8.83. The number of aryl methyl sites for hydroxylation is 1. The molecule has 0 N–H and O–H groups in total. The average molecular weight is 601 g/mol. The van der Waals surface area contributed by atoms with Gasteiger partial charge < -0.3 is 13.9 Å². The van der Waals surface area contributed by atoms with Crippen LogP contribution in [0.15, 0.2) is 94.1 Å². The van der Waals surface area contributed by atoms with Crippen molar-refractivity contribution >= 4 is 27.9 Å². The number of likely N-dealkylation sites (tertiary alicyclic amines) is 1. The number of carbonyl (C=O) groups excluding carboxylic acids is 1. The highest BCUT2D eigenvalue weighted by atomic mass is 16.4. The van der Waals surface area contributed by atoms with Gasteiger partial charge in [-0.15, -0.1) is 0 Å². The zero-order chi connectivity index (χ0) is 30.5. The third-order valence-electron chi connectivity index (χ3n) is 11.1. The Hall–Kier alpha value is -4.23. The quantitative estimate of drug-likeness (QED) is 0.199. The zero-order valence-electron chi connectivity index (χ0n) is 25.9. The van der Waals surface area contributed by atoms with Gasteiger partial charge >= 0.3 is 5.63 Å². The summed E-state index contributed by atoms with van der Waals surface area (Å²) in [7, 11) is 0. The first kappa shape index (κ1) is 28.3. The van der Waals surface area contributed by atoms with Crippen LogP contribution >= 0.6 is 0 Å². The fraction of sp³-hybridized carbons (Fsp3) is 0.395. The Bertz CT molecular complexity index is 1910. The summed E-state index contributed by atoms with van der Waals surface area (Å²) in [6, 6.07) is 29.9. The molecule has 45 heavy (non-hydrogen) atoms. The number of carbonyl (C=O) groups is 1. The summed E-state index contributed by atoms with van der Waals surface area (Å²) in [5, 5.41) is 0.769.